The molecule has 2 aromatic carbocycles. The molecule has 2 heterocycles. The zero-order chi connectivity index (χ0) is 28.8. The second-order valence-corrected chi connectivity index (χ2v) is 10.7. The Balaban J connectivity index is 1.42. The second kappa shape index (κ2) is 13.4. The summed E-state index contributed by atoms with van der Waals surface area (Å²) in [5.74, 6) is 1.90. The summed E-state index contributed by atoms with van der Waals surface area (Å²) >= 11 is 0. The Morgan fingerprint density at radius 2 is 1.68 bits per heavy atom. The van der Waals surface area contributed by atoms with Crippen molar-refractivity contribution in [2.24, 2.45) is 11.0 Å². The molecule has 3 aliphatic rings. The molecule has 220 valence electrons. The topological polar surface area (TPSA) is 93.1 Å². The van der Waals surface area contributed by atoms with Crippen molar-refractivity contribution in [1.82, 2.24) is 14.8 Å². The summed E-state index contributed by atoms with van der Waals surface area (Å²) in [7, 11) is 4.85. The Bertz CT molecular complexity index is 1240. The van der Waals surface area contributed by atoms with Crippen LogP contribution >= 0.6 is 0 Å². The van der Waals surface area contributed by atoms with Crippen LogP contribution < -0.4 is 14.2 Å². The van der Waals surface area contributed by atoms with Gasteiger partial charge in [0.1, 0.15) is 23.8 Å². The molecule has 10 nitrogen and oxygen atoms in total. The van der Waals surface area contributed by atoms with Gasteiger partial charge in [0.15, 0.2) is 0 Å². The molecule has 1 aliphatic carbocycles. The lowest BCUT2D eigenvalue weighted by Gasteiger charge is -2.34. The molecule has 0 aromatic heterocycles. The normalized spacial score (nSPS) is 19.3. The van der Waals surface area contributed by atoms with Gasteiger partial charge >= 0.3 is 0 Å². The average Bonchev–Trinajstić information content (AvgIpc) is 3.44. The maximum Gasteiger partial charge on any atom is 0.262 e. The zero-order valence-corrected chi connectivity index (χ0v) is 24.2. The molecule has 2 aliphatic heterocycles. The van der Waals surface area contributed by atoms with E-state index in [1.54, 1.807) is 26.2 Å². The fraction of sp³-hybridized carbons (Fsp3) is 0.516. The number of morpholine rings is 1. The summed E-state index contributed by atoms with van der Waals surface area (Å²) < 4.78 is 22.0. The highest BCUT2D eigenvalue weighted by molar-refractivity contribution is 6.03. The minimum absolute atomic E-state index is 0.00120. The van der Waals surface area contributed by atoms with Gasteiger partial charge < -0.3 is 23.8 Å². The lowest BCUT2D eigenvalue weighted by atomic mass is 9.84. The molecule has 0 N–H and O–H groups in total. The van der Waals surface area contributed by atoms with Crippen LogP contribution in [0.25, 0.3) is 0 Å². The van der Waals surface area contributed by atoms with E-state index in [1.165, 1.54) is 5.01 Å². The third-order valence-corrected chi connectivity index (χ3v) is 8.27. The predicted octanol–water partition coefficient (Wildman–Crippen LogP) is 3.35. The molecule has 1 saturated heterocycles. The number of hydrogen-bond donors (Lipinski definition) is 0. The summed E-state index contributed by atoms with van der Waals surface area (Å²) in [6.07, 6.45) is 3.31. The standard InChI is InChI=1S/C31H40N4O6/c1-38-24-9-7-22(8-10-24)27-20-28(26-19-25(39-2)11-12-29(26)40-3)35(32-27)30(36)21-34(31(37)23-5-4-6-23)14-13-33-15-17-41-18-16-33/h7-12,19,23,28H,4-6,13-18,20-21H2,1-3H3/t28-/m0/s1. The molecular weight excluding hydrogens is 524 g/mol. The maximum atomic E-state index is 14.1. The Morgan fingerprint density at radius 1 is 0.976 bits per heavy atom. The van der Waals surface area contributed by atoms with Crippen LogP contribution in [0.2, 0.25) is 0 Å². The van der Waals surface area contributed by atoms with Crippen molar-refractivity contribution in [1.29, 1.82) is 0 Å². The zero-order valence-electron chi connectivity index (χ0n) is 24.2. The number of hydrazone groups is 1. The molecule has 2 aromatic rings. The van der Waals surface area contributed by atoms with Crippen molar-refractivity contribution >= 4 is 17.5 Å². The molecule has 1 saturated carbocycles. The van der Waals surface area contributed by atoms with Crippen LogP contribution in [0, 0.1) is 5.92 Å². The monoisotopic (exact) mass is 564 g/mol. The highest BCUT2D eigenvalue weighted by Gasteiger charge is 2.37. The summed E-state index contributed by atoms with van der Waals surface area (Å²) in [6, 6.07) is 12.8. The molecule has 41 heavy (non-hydrogen) atoms. The second-order valence-electron chi connectivity index (χ2n) is 10.7. The van der Waals surface area contributed by atoms with Crippen LogP contribution in [-0.2, 0) is 14.3 Å². The summed E-state index contributed by atoms with van der Waals surface area (Å²) in [5, 5.41) is 6.38. The highest BCUT2D eigenvalue weighted by atomic mass is 16.5. The van der Waals surface area contributed by atoms with Crippen molar-refractivity contribution in [3.8, 4) is 17.2 Å². The van der Waals surface area contributed by atoms with Crippen LogP contribution in [0.4, 0.5) is 0 Å². The van der Waals surface area contributed by atoms with Gasteiger partial charge in [-0.25, -0.2) is 5.01 Å². The van der Waals surface area contributed by atoms with Gasteiger partial charge in [0, 0.05) is 44.1 Å². The van der Waals surface area contributed by atoms with Crippen LogP contribution in [0.3, 0.4) is 0 Å². The summed E-state index contributed by atoms with van der Waals surface area (Å²) in [5.41, 5.74) is 2.49. The molecule has 0 spiro atoms. The van der Waals surface area contributed by atoms with E-state index in [2.05, 4.69) is 4.90 Å². The summed E-state index contributed by atoms with van der Waals surface area (Å²) in [4.78, 5) is 31.5. The Hall–Kier alpha value is -3.63. The SMILES string of the molecule is COc1ccc(C2=NN(C(=O)CN(CCN3CCOCC3)C(=O)C3CCC3)[C@H](c3cc(OC)ccc3OC)C2)cc1. The van der Waals surface area contributed by atoms with E-state index in [4.69, 9.17) is 24.0 Å². The third kappa shape index (κ3) is 6.65. The fourth-order valence-electron chi connectivity index (χ4n) is 5.54. The van der Waals surface area contributed by atoms with Gasteiger partial charge in [-0.05, 0) is 60.9 Å². The van der Waals surface area contributed by atoms with Gasteiger partial charge in [0.05, 0.1) is 46.3 Å². The predicted molar refractivity (Wildman–Crippen MR) is 154 cm³/mol. The Morgan fingerprint density at radius 3 is 2.32 bits per heavy atom. The maximum absolute atomic E-state index is 14.1. The van der Waals surface area contributed by atoms with Crippen molar-refractivity contribution in [3.63, 3.8) is 0 Å². The van der Waals surface area contributed by atoms with E-state index in [0.29, 0.717) is 44.2 Å². The van der Waals surface area contributed by atoms with E-state index < -0.39 is 6.04 Å². The highest BCUT2D eigenvalue weighted by Crippen LogP contribution is 2.39. The number of hydrogen-bond acceptors (Lipinski definition) is 8. The first kappa shape index (κ1) is 28.9. The molecule has 5 rings (SSSR count). The van der Waals surface area contributed by atoms with Gasteiger partial charge in [0.2, 0.25) is 5.91 Å². The molecule has 2 fully saturated rings. The van der Waals surface area contributed by atoms with Crippen molar-refractivity contribution in [2.75, 3.05) is 67.3 Å². The minimum Gasteiger partial charge on any atom is -0.497 e. The molecular formula is C31H40N4O6. The Labute approximate surface area is 241 Å². The van der Waals surface area contributed by atoms with E-state index in [1.807, 2.05) is 42.5 Å². The molecule has 1 atom stereocenters. The lowest BCUT2D eigenvalue weighted by molar-refractivity contribution is -0.145. The van der Waals surface area contributed by atoms with Crippen LogP contribution in [0.15, 0.2) is 47.6 Å². The molecule has 0 bridgehead atoms. The van der Waals surface area contributed by atoms with E-state index in [-0.39, 0.29) is 24.3 Å². The molecule has 0 radical (unpaired) electrons. The molecule has 2 amide bonds. The van der Waals surface area contributed by atoms with Gasteiger partial charge in [-0.1, -0.05) is 6.42 Å². The number of amides is 2. The van der Waals surface area contributed by atoms with Crippen molar-refractivity contribution in [3.05, 3.63) is 53.6 Å². The van der Waals surface area contributed by atoms with Gasteiger partial charge in [-0.15, -0.1) is 0 Å². The molecule has 0 unspecified atom stereocenters. The first-order valence-corrected chi connectivity index (χ1v) is 14.4. The van der Waals surface area contributed by atoms with Gasteiger partial charge in [-0.2, -0.15) is 5.10 Å². The lowest BCUT2D eigenvalue weighted by Crippen LogP contribution is -2.49. The van der Waals surface area contributed by atoms with Crippen molar-refractivity contribution < 1.29 is 28.5 Å². The number of carbonyl (C=O) groups is 2. The fourth-order valence-corrected chi connectivity index (χ4v) is 5.54. The number of rotatable bonds is 11. The quantitative estimate of drug-likeness (QED) is 0.413. The first-order chi connectivity index (χ1) is 20.0. The number of carbonyl (C=O) groups excluding carboxylic acids is 2. The average molecular weight is 565 g/mol. The first-order valence-electron chi connectivity index (χ1n) is 14.4. The van der Waals surface area contributed by atoms with Gasteiger partial charge in [-0.3, -0.25) is 14.5 Å². The third-order valence-electron chi connectivity index (χ3n) is 8.27. The van der Waals surface area contributed by atoms with E-state index in [0.717, 1.165) is 54.9 Å². The number of nitrogens with zero attached hydrogens (tertiary/aromatic N) is 4. The van der Waals surface area contributed by atoms with E-state index >= 15 is 0 Å². The number of ether oxygens (including phenoxy) is 4. The number of methoxy groups -OCH3 is 3. The smallest absolute Gasteiger partial charge is 0.262 e. The minimum atomic E-state index is -0.412. The molecule has 10 heteroatoms. The largest absolute Gasteiger partial charge is 0.497 e. The number of benzene rings is 2. The Kier molecular flexibility index (Phi) is 9.41. The van der Waals surface area contributed by atoms with Crippen LogP contribution in [0.1, 0.15) is 42.9 Å². The van der Waals surface area contributed by atoms with Gasteiger partial charge in [0.25, 0.3) is 5.91 Å². The van der Waals surface area contributed by atoms with Crippen LogP contribution in [-0.4, -0.2) is 99.6 Å². The van der Waals surface area contributed by atoms with E-state index in [9.17, 15) is 9.59 Å². The van der Waals surface area contributed by atoms with Crippen LogP contribution in [0.5, 0.6) is 17.2 Å². The summed E-state index contributed by atoms with van der Waals surface area (Å²) in [6.45, 7) is 4.23. The van der Waals surface area contributed by atoms with Crippen molar-refractivity contribution in [2.45, 2.75) is 31.7 Å².